The molecule has 4 rings (SSSR count). The number of likely N-dealkylation sites (tertiary alicyclic amines) is 2. The molecule has 2 aliphatic rings. The van der Waals surface area contributed by atoms with E-state index in [2.05, 4.69) is 46.8 Å². The number of para-hydroxylation sites is 1. The molecule has 1 spiro atoms. The number of carbonyl (C=O) groups is 1. The first kappa shape index (κ1) is 18.5. The fraction of sp³-hybridized carbons (Fsp3) is 0.591. The van der Waals surface area contributed by atoms with Crippen LogP contribution in [-0.2, 0) is 23.1 Å². The third kappa shape index (κ3) is 3.76. The monoisotopic (exact) mass is 369 g/mol. The Morgan fingerprint density at radius 3 is 2.85 bits per heavy atom. The van der Waals surface area contributed by atoms with E-state index in [0.717, 1.165) is 39.1 Å². The Hall–Kier alpha value is -1.85. The standard InChI is InChI=1S/C22H31N3O2/c1-23-19(14-18-6-3-4-7-20(18)23)15-24-11-5-9-22(16-24)10-8-21(26)25(17-22)12-13-27-2/h3-4,6-7,14H,5,8-13,15-17H2,1-2H3/t22-/m1/s1. The van der Waals surface area contributed by atoms with Gasteiger partial charge < -0.3 is 14.2 Å². The summed E-state index contributed by atoms with van der Waals surface area (Å²) >= 11 is 0. The van der Waals surface area contributed by atoms with E-state index in [4.69, 9.17) is 4.74 Å². The van der Waals surface area contributed by atoms with E-state index >= 15 is 0 Å². The topological polar surface area (TPSA) is 37.7 Å². The van der Waals surface area contributed by atoms with Crippen molar-refractivity contribution in [2.24, 2.45) is 12.5 Å². The van der Waals surface area contributed by atoms with Gasteiger partial charge in [-0.1, -0.05) is 18.2 Å². The molecule has 1 aromatic carbocycles. The number of aromatic nitrogens is 1. The number of hydrogen-bond acceptors (Lipinski definition) is 3. The van der Waals surface area contributed by atoms with E-state index in [9.17, 15) is 4.79 Å². The maximum absolute atomic E-state index is 12.3. The highest BCUT2D eigenvalue weighted by Crippen LogP contribution is 2.39. The zero-order valence-corrected chi connectivity index (χ0v) is 16.6. The van der Waals surface area contributed by atoms with E-state index < -0.39 is 0 Å². The van der Waals surface area contributed by atoms with Gasteiger partial charge in [-0.15, -0.1) is 0 Å². The number of benzene rings is 1. The van der Waals surface area contributed by atoms with Crippen LogP contribution < -0.4 is 0 Å². The van der Waals surface area contributed by atoms with Crippen LogP contribution in [0.2, 0.25) is 0 Å². The highest BCUT2D eigenvalue weighted by atomic mass is 16.5. The minimum Gasteiger partial charge on any atom is -0.383 e. The molecule has 2 saturated heterocycles. The van der Waals surface area contributed by atoms with Crippen molar-refractivity contribution < 1.29 is 9.53 Å². The number of amides is 1. The van der Waals surface area contributed by atoms with E-state index in [0.29, 0.717) is 18.9 Å². The SMILES string of the molecule is COCCN1C[C@]2(CCCN(Cc3cc4ccccc4n3C)C2)CCC1=O. The highest BCUT2D eigenvalue weighted by Gasteiger charge is 2.41. The first-order chi connectivity index (χ1) is 13.1. The Morgan fingerprint density at radius 1 is 1.19 bits per heavy atom. The molecule has 0 N–H and O–H groups in total. The summed E-state index contributed by atoms with van der Waals surface area (Å²) in [7, 11) is 3.87. The number of fused-ring (bicyclic) bond motifs is 1. The van der Waals surface area contributed by atoms with Crippen molar-refractivity contribution in [2.45, 2.75) is 32.2 Å². The van der Waals surface area contributed by atoms with Crippen molar-refractivity contribution in [3.63, 3.8) is 0 Å². The van der Waals surface area contributed by atoms with Gasteiger partial charge in [-0.2, -0.15) is 0 Å². The lowest BCUT2D eigenvalue weighted by Crippen LogP contribution is -2.54. The van der Waals surface area contributed by atoms with Crippen LogP contribution in [0.25, 0.3) is 10.9 Å². The molecule has 3 heterocycles. The molecule has 2 aliphatic heterocycles. The molecule has 1 aromatic heterocycles. The van der Waals surface area contributed by atoms with Crippen LogP contribution >= 0.6 is 0 Å². The summed E-state index contributed by atoms with van der Waals surface area (Å²) in [6, 6.07) is 10.9. The number of nitrogens with zero attached hydrogens (tertiary/aromatic N) is 3. The number of carbonyl (C=O) groups excluding carboxylic acids is 1. The maximum Gasteiger partial charge on any atom is 0.222 e. The lowest BCUT2D eigenvalue weighted by Gasteiger charge is -2.48. The Labute approximate surface area is 161 Å². The van der Waals surface area contributed by atoms with Gasteiger partial charge in [0.2, 0.25) is 5.91 Å². The Kier molecular flexibility index (Phi) is 5.24. The van der Waals surface area contributed by atoms with E-state index in [1.165, 1.54) is 29.4 Å². The van der Waals surface area contributed by atoms with Gasteiger partial charge in [0.15, 0.2) is 0 Å². The molecule has 0 unspecified atom stereocenters. The maximum atomic E-state index is 12.3. The van der Waals surface area contributed by atoms with Crippen molar-refractivity contribution in [3.05, 3.63) is 36.0 Å². The number of rotatable bonds is 5. The second-order valence-corrected chi connectivity index (χ2v) is 8.38. The number of aryl methyl sites for hydroxylation is 1. The summed E-state index contributed by atoms with van der Waals surface area (Å²) in [6.45, 7) is 5.46. The minimum atomic E-state index is 0.254. The molecular weight excluding hydrogens is 338 g/mol. The Bertz CT molecular complexity index is 815. The van der Waals surface area contributed by atoms with E-state index in [-0.39, 0.29) is 5.41 Å². The van der Waals surface area contributed by atoms with Crippen LogP contribution in [0.1, 0.15) is 31.4 Å². The smallest absolute Gasteiger partial charge is 0.222 e. The second-order valence-electron chi connectivity index (χ2n) is 8.38. The second kappa shape index (κ2) is 7.64. The Morgan fingerprint density at radius 2 is 2.04 bits per heavy atom. The fourth-order valence-electron chi connectivity index (χ4n) is 5.01. The van der Waals surface area contributed by atoms with Crippen LogP contribution in [0.15, 0.2) is 30.3 Å². The van der Waals surface area contributed by atoms with Crippen molar-refractivity contribution in [3.8, 4) is 0 Å². The Balaban J connectivity index is 1.47. The molecule has 0 bridgehead atoms. The van der Waals surface area contributed by atoms with Gasteiger partial charge >= 0.3 is 0 Å². The predicted octanol–water partition coefficient (Wildman–Crippen LogP) is 3.03. The lowest BCUT2D eigenvalue weighted by molar-refractivity contribution is -0.140. The van der Waals surface area contributed by atoms with Gasteiger partial charge in [0, 0.05) is 63.4 Å². The van der Waals surface area contributed by atoms with Gasteiger partial charge in [-0.25, -0.2) is 0 Å². The molecule has 146 valence electrons. The summed E-state index contributed by atoms with van der Waals surface area (Å²) < 4.78 is 7.53. The lowest BCUT2D eigenvalue weighted by atomic mass is 9.73. The van der Waals surface area contributed by atoms with Crippen molar-refractivity contribution in [2.75, 3.05) is 39.9 Å². The summed E-state index contributed by atoms with van der Waals surface area (Å²) in [5.41, 5.74) is 2.93. The van der Waals surface area contributed by atoms with Crippen LogP contribution in [0.4, 0.5) is 0 Å². The largest absolute Gasteiger partial charge is 0.383 e. The molecular formula is C22H31N3O2. The van der Waals surface area contributed by atoms with Gasteiger partial charge in [-0.05, 0) is 43.3 Å². The molecule has 1 amide bonds. The molecule has 1 atom stereocenters. The summed E-state index contributed by atoms with van der Waals surface area (Å²) in [6.07, 6.45) is 4.16. The molecule has 0 radical (unpaired) electrons. The quantitative estimate of drug-likeness (QED) is 0.813. The van der Waals surface area contributed by atoms with Crippen LogP contribution in [-0.4, -0.2) is 60.2 Å². The average Bonchev–Trinajstić information content (AvgIpc) is 2.99. The zero-order chi connectivity index (χ0) is 18.9. The third-order valence-corrected chi connectivity index (χ3v) is 6.49. The molecule has 5 nitrogen and oxygen atoms in total. The van der Waals surface area contributed by atoms with E-state index in [1.807, 2.05) is 4.90 Å². The number of ether oxygens (including phenoxy) is 1. The molecule has 0 saturated carbocycles. The molecule has 2 aromatic rings. The first-order valence-corrected chi connectivity index (χ1v) is 10.1. The summed E-state index contributed by atoms with van der Waals surface area (Å²) in [5, 5.41) is 1.32. The predicted molar refractivity (Wildman–Crippen MR) is 108 cm³/mol. The zero-order valence-electron chi connectivity index (χ0n) is 16.6. The number of methoxy groups -OCH3 is 1. The molecule has 0 aliphatic carbocycles. The van der Waals surface area contributed by atoms with E-state index in [1.54, 1.807) is 7.11 Å². The first-order valence-electron chi connectivity index (χ1n) is 10.1. The molecule has 27 heavy (non-hydrogen) atoms. The molecule has 5 heteroatoms. The van der Waals surface area contributed by atoms with Crippen molar-refractivity contribution in [1.82, 2.24) is 14.4 Å². The molecule has 2 fully saturated rings. The minimum absolute atomic E-state index is 0.254. The van der Waals surface area contributed by atoms with Gasteiger partial charge in [0.25, 0.3) is 0 Å². The third-order valence-electron chi connectivity index (χ3n) is 6.49. The highest BCUT2D eigenvalue weighted by molar-refractivity contribution is 5.81. The van der Waals surface area contributed by atoms with Crippen LogP contribution in [0.3, 0.4) is 0 Å². The van der Waals surface area contributed by atoms with Crippen LogP contribution in [0.5, 0.6) is 0 Å². The normalized spacial score (nSPS) is 24.2. The number of piperidine rings is 2. The van der Waals surface area contributed by atoms with Crippen molar-refractivity contribution >= 4 is 16.8 Å². The number of hydrogen-bond donors (Lipinski definition) is 0. The van der Waals surface area contributed by atoms with Gasteiger partial charge in [0.1, 0.15) is 0 Å². The van der Waals surface area contributed by atoms with Crippen molar-refractivity contribution in [1.29, 1.82) is 0 Å². The van der Waals surface area contributed by atoms with Gasteiger partial charge in [0.05, 0.1) is 6.61 Å². The summed E-state index contributed by atoms with van der Waals surface area (Å²) in [4.78, 5) is 16.9. The van der Waals surface area contributed by atoms with Gasteiger partial charge in [-0.3, -0.25) is 9.69 Å². The fourth-order valence-corrected chi connectivity index (χ4v) is 5.01. The van der Waals surface area contributed by atoms with Crippen LogP contribution in [0, 0.1) is 5.41 Å². The summed E-state index contributed by atoms with van der Waals surface area (Å²) in [5.74, 6) is 0.295. The average molecular weight is 370 g/mol.